The molecule has 0 radical (unpaired) electrons. The van der Waals surface area contributed by atoms with Crippen molar-refractivity contribution in [3.05, 3.63) is 78.4 Å². The average molecular weight is 431 g/mol. The van der Waals surface area contributed by atoms with Gasteiger partial charge in [0.2, 0.25) is 0 Å². The average Bonchev–Trinajstić information content (AvgIpc) is 2.85. The Labute approximate surface area is 186 Å². The highest BCUT2D eigenvalue weighted by Crippen LogP contribution is 2.30. The number of nitrogen functional groups attached to an aromatic ring is 1. The third-order valence-electron chi connectivity index (χ3n) is 4.44. The van der Waals surface area contributed by atoms with E-state index in [2.05, 4.69) is 25.0 Å². The smallest absolute Gasteiger partial charge is 0.358 e. The lowest BCUT2D eigenvalue weighted by Crippen LogP contribution is -2.06. The number of hydrogen-bond acceptors (Lipinski definition) is 8. The van der Waals surface area contributed by atoms with Crippen molar-refractivity contribution in [1.29, 1.82) is 0 Å². The number of anilines is 3. The number of pyridine rings is 1. The van der Waals surface area contributed by atoms with Crippen molar-refractivity contribution in [3.8, 4) is 5.75 Å². The molecule has 0 fully saturated rings. The molecule has 0 bridgehead atoms. The van der Waals surface area contributed by atoms with Crippen molar-refractivity contribution in [2.45, 2.75) is 20.5 Å². The fourth-order valence-electron chi connectivity index (χ4n) is 2.95. The largest absolute Gasteiger partial charge is 0.488 e. The second-order valence-corrected chi connectivity index (χ2v) is 6.44. The molecule has 8 nitrogen and oxygen atoms in total. The van der Waals surface area contributed by atoms with Gasteiger partial charge < -0.3 is 20.5 Å². The molecule has 2 heterocycles. The Morgan fingerprint density at radius 2 is 1.75 bits per heavy atom. The second-order valence-electron chi connectivity index (χ2n) is 6.44. The molecule has 0 aliphatic carbocycles. The van der Waals surface area contributed by atoms with E-state index in [1.807, 2.05) is 62.4 Å². The van der Waals surface area contributed by atoms with Crippen molar-refractivity contribution in [3.63, 3.8) is 0 Å². The second kappa shape index (κ2) is 10.7. The van der Waals surface area contributed by atoms with Crippen LogP contribution >= 0.6 is 0 Å². The van der Waals surface area contributed by atoms with Crippen LogP contribution in [0.2, 0.25) is 0 Å². The Hall–Kier alpha value is -4.20. The van der Waals surface area contributed by atoms with Crippen LogP contribution in [0, 0.1) is 0 Å². The maximum atomic E-state index is 11.4. The minimum absolute atomic E-state index is 0.133. The van der Waals surface area contributed by atoms with Crippen molar-refractivity contribution < 1.29 is 14.3 Å². The predicted molar refractivity (Wildman–Crippen MR) is 125 cm³/mol. The summed E-state index contributed by atoms with van der Waals surface area (Å²) >= 11 is 0. The number of nitrogens with one attached hydrogen (secondary N) is 1. The van der Waals surface area contributed by atoms with E-state index in [-0.39, 0.29) is 5.69 Å². The molecule has 0 saturated heterocycles. The molecule has 8 heteroatoms. The van der Waals surface area contributed by atoms with Crippen LogP contribution in [-0.4, -0.2) is 28.0 Å². The minimum Gasteiger partial charge on any atom is -0.488 e. The van der Waals surface area contributed by atoms with Gasteiger partial charge in [0.05, 0.1) is 19.5 Å². The summed E-state index contributed by atoms with van der Waals surface area (Å²) in [6.45, 7) is 4.36. The number of methoxy groups -OCH3 is 1. The van der Waals surface area contributed by atoms with Crippen molar-refractivity contribution in [1.82, 2.24) is 15.0 Å². The fourth-order valence-corrected chi connectivity index (χ4v) is 2.95. The van der Waals surface area contributed by atoms with Crippen LogP contribution in [-0.2, 0) is 11.3 Å². The van der Waals surface area contributed by atoms with Crippen molar-refractivity contribution in [2.24, 2.45) is 0 Å². The van der Waals surface area contributed by atoms with Gasteiger partial charge >= 0.3 is 5.97 Å². The van der Waals surface area contributed by atoms with E-state index >= 15 is 0 Å². The molecule has 0 unspecified atom stereocenters. The van der Waals surface area contributed by atoms with Gasteiger partial charge in [-0.25, -0.2) is 19.7 Å². The Balaban J connectivity index is 0.00000141. The van der Waals surface area contributed by atoms with Crippen LogP contribution in [0.5, 0.6) is 5.75 Å². The number of rotatable bonds is 6. The molecule has 2 aromatic carbocycles. The lowest BCUT2D eigenvalue weighted by Gasteiger charge is -2.12. The van der Waals surface area contributed by atoms with Crippen LogP contribution < -0.4 is 15.8 Å². The standard InChI is InChI=1S/C22H19N5O3.C2H6/c1-29-22(28)18-11-26-21(12-25-18)27-20-10-14(8-9-24-20)13-30-19-7-6-17(23)15-4-2-3-5-16(15)19;1-2/h2-12H,13,23H2,1H3,(H,24,26,27);1-2H3. The van der Waals surface area contributed by atoms with Crippen LogP contribution in [0.25, 0.3) is 10.8 Å². The summed E-state index contributed by atoms with van der Waals surface area (Å²) in [7, 11) is 1.29. The lowest BCUT2D eigenvalue weighted by atomic mass is 10.1. The highest BCUT2D eigenvalue weighted by molar-refractivity contribution is 5.97. The summed E-state index contributed by atoms with van der Waals surface area (Å²) < 4.78 is 10.6. The SMILES string of the molecule is CC.COC(=O)c1cnc(Nc2cc(COc3ccc(N)c4ccccc34)ccn2)cn1. The van der Waals surface area contributed by atoms with Gasteiger partial charge in [-0.3, -0.25) is 0 Å². The van der Waals surface area contributed by atoms with Gasteiger partial charge in [0, 0.05) is 22.7 Å². The molecule has 4 aromatic rings. The highest BCUT2D eigenvalue weighted by Gasteiger charge is 2.09. The van der Waals surface area contributed by atoms with Gasteiger partial charge in [-0.15, -0.1) is 0 Å². The molecule has 2 aromatic heterocycles. The minimum atomic E-state index is -0.540. The molecule has 0 saturated carbocycles. The molecule has 4 rings (SSSR count). The van der Waals surface area contributed by atoms with Gasteiger partial charge in [-0.05, 0) is 29.8 Å². The molecular formula is C24H25N5O3. The summed E-state index contributed by atoms with van der Waals surface area (Å²) in [5.74, 6) is 1.26. The van der Waals surface area contributed by atoms with E-state index < -0.39 is 5.97 Å². The first-order valence-electron chi connectivity index (χ1n) is 10.2. The van der Waals surface area contributed by atoms with Gasteiger partial charge in [0.15, 0.2) is 5.69 Å². The zero-order valence-electron chi connectivity index (χ0n) is 18.2. The fraction of sp³-hybridized carbons (Fsp3) is 0.167. The van der Waals surface area contributed by atoms with E-state index in [0.29, 0.717) is 23.9 Å². The Kier molecular flexibility index (Phi) is 7.53. The molecule has 3 N–H and O–H groups in total. The first-order valence-corrected chi connectivity index (χ1v) is 10.2. The maximum absolute atomic E-state index is 11.4. The molecular weight excluding hydrogens is 406 g/mol. The number of ether oxygens (including phenoxy) is 2. The number of esters is 1. The summed E-state index contributed by atoms with van der Waals surface area (Å²) in [6.07, 6.45) is 4.46. The van der Waals surface area contributed by atoms with E-state index in [4.69, 9.17) is 10.5 Å². The number of fused-ring (bicyclic) bond motifs is 1. The summed E-state index contributed by atoms with van der Waals surface area (Å²) in [6, 6.07) is 15.3. The third-order valence-corrected chi connectivity index (χ3v) is 4.44. The lowest BCUT2D eigenvalue weighted by molar-refractivity contribution is 0.0593. The van der Waals surface area contributed by atoms with Crippen LogP contribution in [0.1, 0.15) is 29.9 Å². The van der Waals surface area contributed by atoms with Crippen LogP contribution in [0.15, 0.2) is 67.1 Å². The van der Waals surface area contributed by atoms with Crippen LogP contribution in [0.4, 0.5) is 17.3 Å². The zero-order valence-corrected chi connectivity index (χ0v) is 18.2. The number of carbonyl (C=O) groups is 1. The summed E-state index contributed by atoms with van der Waals surface area (Å²) in [5.41, 5.74) is 7.82. The molecule has 0 amide bonds. The van der Waals surface area contributed by atoms with E-state index in [1.54, 1.807) is 6.20 Å². The number of nitrogens with two attached hydrogens (primary N) is 1. The molecule has 0 aliphatic rings. The quantitative estimate of drug-likeness (QED) is 0.332. The number of carbonyl (C=O) groups excluding carboxylic acids is 1. The highest BCUT2D eigenvalue weighted by atomic mass is 16.5. The van der Waals surface area contributed by atoms with Gasteiger partial charge in [0.25, 0.3) is 0 Å². The summed E-state index contributed by atoms with van der Waals surface area (Å²) in [5, 5.41) is 4.98. The topological polar surface area (TPSA) is 112 Å². The van der Waals surface area contributed by atoms with Gasteiger partial charge in [-0.2, -0.15) is 0 Å². The first-order chi connectivity index (χ1) is 15.6. The van der Waals surface area contributed by atoms with Gasteiger partial charge in [-0.1, -0.05) is 38.1 Å². The maximum Gasteiger partial charge on any atom is 0.358 e. The Bertz CT molecular complexity index is 1200. The molecule has 0 aliphatic heterocycles. The number of aromatic nitrogens is 3. The Morgan fingerprint density at radius 1 is 0.969 bits per heavy atom. The first kappa shape index (κ1) is 22.5. The van der Waals surface area contributed by atoms with E-state index in [0.717, 1.165) is 22.1 Å². The number of benzene rings is 2. The molecule has 32 heavy (non-hydrogen) atoms. The number of hydrogen-bond donors (Lipinski definition) is 2. The van der Waals surface area contributed by atoms with E-state index in [1.165, 1.54) is 19.5 Å². The van der Waals surface area contributed by atoms with Crippen LogP contribution in [0.3, 0.4) is 0 Å². The van der Waals surface area contributed by atoms with Crippen molar-refractivity contribution >= 4 is 34.1 Å². The zero-order chi connectivity index (χ0) is 22.9. The molecule has 164 valence electrons. The molecule has 0 spiro atoms. The molecule has 0 atom stereocenters. The number of nitrogens with zero attached hydrogens (tertiary/aromatic N) is 3. The van der Waals surface area contributed by atoms with E-state index in [9.17, 15) is 4.79 Å². The third kappa shape index (κ3) is 5.28. The monoisotopic (exact) mass is 431 g/mol. The van der Waals surface area contributed by atoms with Crippen molar-refractivity contribution in [2.75, 3.05) is 18.2 Å². The van der Waals surface area contributed by atoms with Gasteiger partial charge in [0.1, 0.15) is 24.0 Å². The summed E-state index contributed by atoms with van der Waals surface area (Å²) in [4.78, 5) is 23.9. The predicted octanol–water partition coefficient (Wildman–Crippen LogP) is 4.74. The normalized spacial score (nSPS) is 10.1. The Morgan fingerprint density at radius 3 is 2.47 bits per heavy atom.